The largest absolute Gasteiger partial charge is 0.296 e. The van der Waals surface area contributed by atoms with Crippen molar-refractivity contribution >= 4 is 37.5 Å². The molecule has 1 aromatic carbocycles. The quantitative estimate of drug-likeness (QED) is 0.802. The summed E-state index contributed by atoms with van der Waals surface area (Å²) in [6.45, 7) is 0. The number of hydrogen-bond donors (Lipinski definition) is 2. The molecule has 0 atom stereocenters. The van der Waals surface area contributed by atoms with Crippen LogP contribution in [0.25, 0.3) is 10.2 Å². The van der Waals surface area contributed by atoms with E-state index >= 15 is 0 Å². The highest BCUT2D eigenvalue weighted by atomic mass is 32.2. The SMILES string of the molecule is NS(=O)(=O)Nc1ccc2ncsc2c1. The Balaban J connectivity index is 2.44. The van der Waals surface area contributed by atoms with Crippen molar-refractivity contribution in [1.82, 2.24) is 4.98 Å². The van der Waals surface area contributed by atoms with Crippen LogP contribution in [0.4, 0.5) is 5.69 Å². The highest BCUT2D eigenvalue weighted by Gasteiger charge is 2.03. The fourth-order valence-corrected chi connectivity index (χ4v) is 2.25. The molecule has 2 rings (SSSR count). The molecule has 74 valence electrons. The summed E-state index contributed by atoms with van der Waals surface area (Å²) in [6, 6.07) is 5.04. The molecule has 0 unspecified atom stereocenters. The number of nitrogens with zero attached hydrogens (tertiary/aromatic N) is 1. The minimum absolute atomic E-state index is 0.448. The van der Waals surface area contributed by atoms with E-state index in [1.54, 1.807) is 23.7 Å². The first-order valence-electron chi connectivity index (χ1n) is 3.68. The Morgan fingerprint density at radius 2 is 2.21 bits per heavy atom. The Hall–Kier alpha value is -1.18. The van der Waals surface area contributed by atoms with E-state index in [1.165, 1.54) is 11.3 Å². The van der Waals surface area contributed by atoms with E-state index in [0.29, 0.717) is 5.69 Å². The standard InChI is InChI=1S/C7H7N3O2S2/c8-14(11,12)10-5-1-2-6-7(3-5)13-4-9-6/h1-4,10H,(H2,8,11,12). The van der Waals surface area contributed by atoms with Gasteiger partial charge in [-0.3, -0.25) is 4.72 Å². The normalized spacial score (nSPS) is 11.8. The number of anilines is 1. The summed E-state index contributed by atoms with van der Waals surface area (Å²) in [7, 11) is -3.69. The lowest BCUT2D eigenvalue weighted by molar-refractivity contribution is 0.603. The zero-order valence-electron chi connectivity index (χ0n) is 6.97. The molecule has 0 amide bonds. The Morgan fingerprint density at radius 1 is 1.43 bits per heavy atom. The number of rotatable bonds is 2. The number of fused-ring (bicyclic) bond motifs is 1. The minimum atomic E-state index is -3.69. The number of thiazole rings is 1. The second-order valence-electron chi connectivity index (χ2n) is 2.68. The molecule has 14 heavy (non-hydrogen) atoms. The van der Waals surface area contributed by atoms with Crippen LogP contribution < -0.4 is 9.86 Å². The summed E-state index contributed by atoms with van der Waals surface area (Å²) < 4.78 is 24.6. The van der Waals surface area contributed by atoms with Gasteiger partial charge in [0.05, 0.1) is 21.4 Å². The van der Waals surface area contributed by atoms with Crippen LogP contribution in [0, 0.1) is 0 Å². The molecule has 0 aliphatic carbocycles. The number of hydrogen-bond acceptors (Lipinski definition) is 4. The maximum absolute atomic E-state index is 10.7. The van der Waals surface area contributed by atoms with E-state index in [1.807, 2.05) is 0 Å². The van der Waals surface area contributed by atoms with Gasteiger partial charge in [-0.25, -0.2) is 10.1 Å². The van der Waals surface area contributed by atoms with E-state index in [9.17, 15) is 8.42 Å². The Labute approximate surface area is 84.8 Å². The monoisotopic (exact) mass is 229 g/mol. The summed E-state index contributed by atoms with van der Waals surface area (Å²) in [5.41, 5.74) is 2.99. The molecule has 0 spiro atoms. The van der Waals surface area contributed by atoms with Crippen LogP contribution in [0.3, 0.4) is 0 Å². The molecular formula is C7H7N3O2S2. The highest BCUT2D eigenvalue weighted by Crippen LogP contribution is 2.21. The van der Waals surface area contributed by atoms with Crippen molar-refractivity contribution in [3.8, 4) is 0 Å². The second-order valence-corrected chi connectivity index (χ2v) is 4.86. The average Bonchev–Trinajstić information content (AvgIpc) is 2.47. The third-order valence-corrected chi connectivity index (χ3v) is 2.90. The Morgan fingerprint density at radius 3 is 2.93 bits per heavy atom. The summed E-state index contributed by atoms with van der Waals surface area (Å²) in [5.74, 6) is 0. The number of benzene rings is 1. The molecule has 0 aliphatic rings. The lowest BCUT2D eigenvalue weighted by atomic mass is 10.3. The number of nitrogens with two attached hydrogens (primary N) is 1. The third kappa shape index (κ3) is 2.00. The highest BCUT2D eigenvalue weighted by molar-refractivity contribution is 7.90. The van der Waals surface area contributed by atoms with Gasteiger partial charge in [0.25, 0.3) is 10.2 Å². The van der Waals surface area contributed by atoms with E-state index < -0.39 is 10.2 Å². The van der Waals surface area contributed by atoms with E-state index in [2.05, 4.69) is 9.71 Å². The molecule has 1 aromatic heterocycles. The second kappa shape index (κ2) is 3.19. The van der Waals surface area contributed by atoms with Crippen molar-refractivity contribution in [1.29, 1.82) is 0 Å². The van der Waals surface area contributed by atoms with Gasteiger partial charge in [0.15, 0.2) is 0 Å². The third-order valence-electron chi connectivity index (χ3n) is 1.59. The summed E-state index contributed by atoms with van der Waals surface area (Å²) in [6.07, 6.45) is 0. The van der Waals surface area contributed by atoms with Gasteiger partial charge in [-0.2, -0.15) is 8.42 Å². The molecule has 3 N–H and O–H groups in total. The molecule has 0 aliphatic heterocycles. The van der Waals surface area contributed by atoms with Gasteiger partial charge in [0, 0.05) is 0 Å². The first-order chi connectivity index (χ1) is 6.54. The van der Waals surface area contributed by atoms with Crippen LogP contribution in [-0.2, 0) is 10.2 Å². The van der Waals surface area contributed by atoms with Crippen LogP contribution in [0.1, 0.15) is 0 Å². The smallest absolute Gasteiger partial charge is 0.271 e. The molecule has 0 saturated carbocycles. The first kappa shape index (κ1) is 9.38. The van der Waals surface area contributed by atoms with Crippen LogP contribution in [-0.4, -0.2) is 13.4 Å². The van der Waals surface area contributed by atoms with Crippen LogP contribution in [0.5, 0.6) is 0 Å². The fraction of sp³-hybridized carbons (Fsp3) is 0. The molecule has 2 aromatic rings. The zero-order chi connectivity index (χ0) is 10.2. The molecule has 1 heterocycles. The van der Waals surface area contributed by atoms with Crippen molar-refractivity contribution in [2.24, 2.45) is 5.14 Å². The topological polar surface area (TPSA) is 85.1 Å². The van der Waals surface area contributed by atoms with Crippen molar-refractivity contribution < 1.29 is 8.42 Å². The van der Waals surface area contributed by atoms with Gasteiger partial charge < -0.3 is 0 Å². The predicted molar refractivity (Wildman–Crippen MR) is 56.3 cm³/mol. The van der Waals surface area contributed by atoms with Crippen LogP contribution in [0.2, 0.25) is 0 Å². The molecule has 5 nitrogen and oxygen atoms in total. The average molecular weight is 229 g/mol. The van der Waals surface area contributed by atoms with Gasteiger partial charge in [-0.15, -0.1) is 11.3 Å². The zero-order valence-corrected chi connectivity index (χ0v) is 8.60. The van der Waals surface area contributed by atoms with Crippen molar-refractivity contribution in [3.63, 3.8) is 0 Å². The fourth-order valence-electron chi connectivity index (χ4n) is 1.08. The van der Waals surface area contributed by atoms with Crippen LogP contribution >= 0.6 is 11.3 Å². The van der Waals surface area contributed by atoms with Crippen molar-refractivity contribution in [2.45, 2.75) is 0 Å². The Kier molecular flexibility index (Phi) is 2.14. The predicted octanol–water partition coefficient (Wildman–Crippen LogP) is 0.912. The minimum Gasteiger partial charge on any atom is -0.271 e. The molecule has 7 heteroatoms. The number of aromatic nitrogens is 1. The van der Waals surface area contributed by atoms with Gasteiger partial charge in [-0.05, 0) is 18.2 Å². The van der Waals surface area contributed by atoms with Crippen LogP contribution in [0.15, 0.2) is 23.7 Å². The molecule has 0 saturated heterocycles. The summed E-state index contributed by atoms with van der Waals surface area (Å²) in [5, 5.41) is 4.84. The molecule has 0 fully saturated rings. The van der Waals surface area contributed by atoms with E-state index in [4.69, 9.17) is 5.14 Å². The summed E-state index contributed by atoms with van der Waals surface area (Å²) in [4.78, 5) is 4.07. The van der Waals surface area contributed by atoms with Gasteiger partial charge in [-0.1, -0.05) is 0 Å². The summed E-state index contributed by atoms with van der Waals surface area (Å²) >= 11 is 1.44. The Bertz CT molecular complexity index is 561. The lowest BCUT2D eigenvalue weighted by Crippen LogP contribution is -2.21. The van der Waals surface area contributed by atoms with Gasteiger partial charge in [0.1, 0.15) is 0 Å². The molecule has 0 radical (unpaired) electrons. The maximum Gasteiger partial charge on any atom is 0.296 e. The van der Waals surface area contributed by atoms with E-state index in [0.717, 1.165) is 10.2 Å². The van der Waals surface area contributed by atoms with Crippen molar-refractivity contribution in [2.75, 3.05) is 4.72 Å². The lowest BCUT2D eigenvalue weighted by Gasteiger charge is -2.01. The number of nitrogens with one attached hydrogen (secondary N) is 1. The maximum atomic E-state index is 10.7. The van der Waals surface area contributed by atoms with Crippen molar-refractivity contribution in [3.05, 3.63) is 23.7 Å². The molecular weight excluding hydrogens is 222 g/mol. The van der Waals surface area contributed by atoms with Gasteiger partial charge in [0.2, 0.25) is 0 Å². The molecule has 0 bridgehead atoms. The van der Waals surface area contributed by atoms with E-state index in [-0.39, 0.29) is 0 Å². The first-order valence-corrected chi connectivity index (χ1v) is 6.11. The van der Waals surface area contributed by atoms with Gasteiger partial charge >= 0.3 is 0 Å².